The second-order valence-corrected chi connectivity index (χ2v) is 7.30. The molecule has 1 aliphatic rings. The van der Waals surface area contributed by atoms with Crippen LogP contribution in [0.5, 0.6) is 0 Å². The van der Waals surface area contributed by atoms with Gasteiger partial charge < -0.3 is 29.9 Å². The van der Waals surface area contributed by atoms with E-state index in [1.165, 1.54) is 0 Å². The second kappa shape index (κ2) is 10.1. The minimum Gasteiger partial charge on any atom is -0.432 e. The monoisotopic (exact) mass is 396 g/mol. The summed E-state index contributed by atoms with van der Waals surface area (Å²) in [4.78, 5) is 23.8. The molecule has 2 rings (SSSR count). The lowest BCUT2D eigenvalue weighted by Crippen LogP contribution is -2.59. The Morgan fingerprint density at radius 1 is 1.04 bits per heavy atom. The average molecular weight is 396 g/mol. The van der Waals surface area contributed by atoms with E-state index in [0.717, 1.165) is 5.56 Å². The lowest BCUT2D eigenvalue weighted by molar-refractivity contribution is -0.292. The van der Waals surface area contributed by atoms with Gasteiger partial charge in [-0.3, -0.25) is 9.59 Å². The molecule has 0 bridgehead atoms. The Hall–Kier alpha value is -1.84. The highest BCUT2D eigenvalue weighted by Gasteiger charge is 2.45. The first-order valence-electron chi connectivity index (χ1n) is 9.33. The number of hydrogen-bond donors (Lipinski definition) is 4. The molecule has 156 valence electrons. The number of aliphatic hydroxyl groups excluding tert-OH is 4. The van der Waals surface area contributed by atoms with Gasteiger partial charge in [0.25, 0.3) is 0 Å². The van der Waals surface area contributed by atoms with Gasteiger partial charge in [0.2, 0.25) is 6.29 Å². The zero-order valence-electron chi connectivity index (χ0n) is 16.0. The highest BCUT2D eigenvalue weighted by atomic mass is 16.7. The van der Waals surface area contributed by atoms with Crippen LogP contribution in [0, 0.1) is 5.92 Å². The molecule has 1 aromatic rings. The maximum atomic E-state index is 12.1. The number of benzene rings is 1. The van der Waals surface area contributed by atoms with E-state index in [9.17, 15) is 24.9 Å². The number of aliphatic hydroxyl groups is 4. The van der Waals surface area contributed by atoms with Crippen LogP contribution in [0.2, 0.25) is 0 Å². The molecule has 1 aromatic carbocycles. The van der Waals surface area contributed by atoms with Crippen LogP contribution in [-0.4, -0.2) is 69.5 Å². The number of ether oxygens (including phenoxy) is 2. The molecule has 5 unspecified atom stereocenters. The van der Waals surface area contributed by atoms with Gasteiger partial charge in [-0.15, -0.1) is 0 Å². The first kappa shape index (κ1) is 22.4. The zero-order chi connectivity index (χ0) is 20.8. The van der Waals surface area contributed by atoms with Crippen molar-refractivity contribution >= 4 is 11.8 Å². The summed E-state index contributed by atoms with van der Waals surface area (Å²) in [7, 11) is 0. The fourth-order valence-corrected chi connectivity index (χ4v) is 2.88. The standard InChI is InChI=1S/C20H28O8/c1-11(2)14(22)8-7-12-3-5-13(6-4-12)9-16(23)28-20-19(26)18(25)17(24)15(10-21)27-20/h3-6,11,15,17-21,24-26H,7-10H2,1-2H3. The van der Waals surface area contributed by atoms with E-state index in [4.69, 9.17) is 14.6 Å². The van der Waals surface area contributed by atoms with E-state index < -0.39 is 43.3 Å². The summed E-state index contributed by atoms with van der Waals surface area (Å²) in [5, 5.41) is 38.5. The van der Waals surface area contributed by atoms with Gasteiger partial charge in [0, 0.05) is 12.3 Å². The molecule has 0 saturated carbocycles. The third-order valence-corrected chi connectivity index (χ3v) is 4.77. The Morgan fingerprint density at radius 3 is 2.21 bits per heavy atom. The van der Waals surface area contributed by atoms with Gasteiger partial charge in [-0.1, -0.05) is 38.1 Å². The maximum Gasteiger partial charge on any atom is 0.312 e. The van der Waals surface area contributed by atoms with Gasteiger partial charge >= 0.3 is 5.97 Å². The predicted octanol–water partition coefficient (Wildman–Crippen LogP) is -0.270. The smallest absolute Gasteiger partial charge is 0.312 e. The topological polar surface area (TPSA) is 134 Å². The second-order valence-electron chi connectivity index (χ2n) is 7.30. The minimum absolute atomic E-state index is 0.0106. The summed E-state index contributed by atoms with van der Waals surface area (Å²) in [6.07, 6.45) is -6.33. The van der Waals surface area contributed by atoms with E-state index in [2.05, 4.69) is 0 Å². The van der Waals surface area contributed by atoms with Crippen LogP contribution in [0.4, 0.5) is 0 Å². The lowest BCUT2D eigenvalue weighted by Gasteiger charge is -2.39. The van der Waals surface area contributed by atoms with Crippen LogP contribution in [-0.2, 0) is 31.9 Å². The van der Waals surface area contributed by atoms with Gasteiger partial charge in [0.1, 0.15) is 30.2 Å². The molecular formula is C20H28O8. The van der Waals surface area contributed by atoms with E-state index in [-0.39, 0.29) is 18.1 Å². The van der Waals surface area contributed by atoms with Gasteiger partial charge in [-0.2, -0.15) is 0 Å². The minimum atomic E-state index is -1.62. The SMILES string of the molecule is CC(C)C(=O)CCc1ccc(CC(=O)OC2OC(CO)C(O)C(O)C2O)cc1. The molecule has 0 aromatic heterocycles. The fraction of sp³-hybridized carbons (Fsp3) is 0.600. The highest BCUT2D eigenvalue weighted by Crippen LogP contribution is 2.22. The van der Waals surface area contributed by atoms with Crippen molar-refractivity contribution < 1.29 is 39.5 Å². The largest absolute Gasteiger partial charge is 0.432 e. The number of carbonyl (C=O) groups excluding carboxylic acids is 2. The van der Waals surface area contributed by atoms with Crippen molar-refractivity contribution in [2.75, 3.05) is 6.61 Å². The van der Waals surface area contributed by atoms with Crippen LogP contribution < -0.4 is 0 Å². The van der Waals surface area contributed by atoms with Crippen molar-refractivity contribution in [3.63, 3.8) is 0 Å². The molecular weight excluding hydrogens is 368 g/mol. The van der Waals surface area contributed by atoms with Gasteiger partial charge in [-0.05, 0) is 17.5 Å². The molecule has 1 aliphatic heterocycles. The Bertz CT molecular complexity index is 655. The van der Waals surface area contributed by atoms with E-state index in [0.29, 0.717) is 18.4 Å². The molecule has 28 heavy (non-hydrogen) atoms. The fourth-order valence-electron chi connectivity index (χ4n) is 2.88. The summed E-state index contributed by atoms with van der Waals surface area (Å²) < 4.78 is 10.2. The number of ketones is 1. The molecule has 1 fully saturated rings. The first-order chi connectivity index (χ1) is 13.2. The predicted molar refractivity (Wildman–Crippen MR) is 98.2 cm³/mol. The molecule has 0 aliphatic carbocycles. The summed E-state index contributed by atoms with van der Waals surface area (Å²) in [6, 6.07) is 7.18. The van der Waals surface area contributed by atoms with E-state index in [1.807, 2.05) is 26.0 Å². The molecule has 0 spiro atoms. The van der Waals surface area contributed by atoms with Crippen LogP contribution in [0.3, 0.4) is 0 Å². The highest BCUT2D eigenvalue weighted by molar-refractivity contribution is 5.80. The Labute approximate surface area is 163 Å². The van der Waals surface area contributed by atoms with E-state index >= 15 is 0 Å². The normalized spacial score (nSPS) is 27.6. The third-order valence-electron chi connectivity index (χ3n) is 4.77. The number of esters is 1. The Kier molecular flexibility index (Phi) is 8.09. The number of hydrogen-bond acceptors (Lipinski definition) is 8. The van der Waals surface area contributed by atoms with Crippen molar-refractivity contribution in [2.45, 2.75) is 63.8 Å². The summed E-state index contributed by atoms with van der Waals surface area (Å²) in [6.45, 7) is 3.14. The maximum absolute atomic E-state index is 12.1. The van der Waals surface area contributed by atoms with Crippen molar-refractivity contribution in [2.24, 2.45) is 5.92 Å². The molecule has 8 heteroatoms. The molecule has 0 radical (unpaired) electrons. The van der Waals surface area contributed by atoms with Crippen molar-refractivity contribution in [3.8, 4) is 0 Å². The Morgan fingerprint density at radius 2 is 1.64 bits per heavy atom. The van der Waals surface area contributed by atoms with Crippen LogP contribution in [0.25, 0.3) is 0 Å². The van der Waals surface area contributed by atoms with Crippen LogP contribution in [0.15, 0.2) is 24.3 Å². The number of carbonyl (C=O) groups is 2. The molecule has 1 heterocycles. The van der Waals surface area contributed by atoms with Crippen LogP contribution >= 0.6 is 0 Å². The number of rotatable bonds is 8. The lowest BCUT2D eigenvalue weighted by atomic mass is 9.99. The Balaban J connectivity index is 1.88. The third kappa shape index (κ3) is 5.83. The zero-order valence-corrected chi connectivity index (χ0v) is 16.0. The summed E-state index contributed by atoms with van der Waals surface area (Å²) in [5.41, 5.74) is 1.66. The first-order valence-corrected chi connectivity index (χ1v) is 9.33. The average Bonchev–Trinajstić information content (AvgIpc) is 2.67. The van der Waals surface area contributed by atoms with Crippen molar-refractivity contribution in [1.29, 1.82) is 0 Å². The van der Waals surface area contributed by atoms with Gasteiger partial charge in [0.15, 0.2) is 0 Å². The number of Topliss-reactive ketones (excluding diaryl/α,β-unsaturated/α-hetero) is 1. The van der Waals surface area contributed by atoms with Crippen molar-refractivity contribution in [3.05, 3.63) is 35.4 Å². The molecule has 0 amide bonds. The van der Waals surface area contributed by atoms with Gasteiger partial charge in [-0.25, -0.2) is 0 Å². The van der Waals surface area contributed by atoms with Gasteiger partial charge in [0.05, 0.1) is 13.0 Å². The molecule has 5 atom stereocenters. The molecule has 1 saturated heterocycles. The van der Waals surface area contributed by atoms with Crippen molar-refractivity contribution in [1.82, 2.24) is 0 Å². The van der Waals surface area contributed by atoms with Crippen LogP contribution in [0.1, 0.15) is 31.4 Å². The number of aryl methyl sites for hydroxylation is 1. The molecule has 4 N–H and O–H groups in total. The summed E-state index contributed by atoms with van der Waals surface area (Å²) >= 11 is 0. The quantitative estimate of drug-likeness (QED) is 0.441. The van der Waals surface area contributed by atoms with E-state index in [1.54, 1.807) is 12.1 Å². The molecule has 8 nitrogen and oxygen atoms in total. The summed E-state index contributed by atoms with van der Waals surface area (Å²) in [5.74, 6) is -0.476.